The molecule has 0 bridgehead atoms. The van der Waals surface area contributed by atoms with E-state index in [0.717, 1.165) is 0 Å². The Kier molecular flexibility index (Phi) is 7.07. The average molecular weight is 717 g/mol. The summed E-state index contributed by atoms with van der Waals surface area (Å²) in [6, 6.07) is 0. The van der Waals surface area contributed by atoms with Crippen LogP contribution >= 0.6 is 0 Å². The topological polar surface area (TPSA) is 194 Å². The van der Waals surface area contributed by atoms with Gasteiger partial charge in [-0.2, -0.15) is 0 Å². The van der Waals surface area contributed by atoms with Gasteiger partial charge in [-0.3, -0.25) is 24.0 Å². The van der Waals surface area contributed by atoms with Crippen molar-refractivity contribution in [3.63, 3.8) is 0 Å². The second-order valence-corrected chi connectivity index (χ2v) is 17.5. The van der Waals surface area contributed by atoms with Gasteiger partial charge in [0.25, 0.3) is 5.79 Å². The van der Waals surface area contributed by atoms with E-state index in [0.29, 0.717) is 6.42 Å². The fourth-order valence-corrected chi connectivity index (χ4v) is 13.9. The highest BCUT2D eigenvalue weighted by atomic mass is 16.8. The summed E-state index contributed by atoms with van der Waals surface area (Å²) >= 11 is 0. The third-order valence-corrected chi connectivity index (χ3v) is 15.4. The molecule has 14 nitrogen and oxygen atoms in total. The standard InChI is InChI=1S/C37H48O14/c1-12-21-20(28(45-14(3)38)25(42)18-11-19-27(48-19)31(33(18,21)7)47-16(5)40)23-26(43)24-22(34(23,8)29(12)46-15(4)39)13(2)30-37(50-30)35(24,9)36(10,32(44)51-37)49-17(6)41/h12-13,18-24,26-31,43H,11H2,1-10H3/t12?,13-,18+,19-,20+,21?,22-,23+,24-,26+,27-,28+,29-,30-,31-,33-,34+,35-,36+,37+/m0/s1. The van der Waals surface area contributed by atoms with Gasteiger partial charge in [-0.1, -0.05) is 27.7 Å². The highest BCUT2D eigenvalue weighted by Crippen LogP contribution is 2.81. The fraction of sp³-hybridized carbons (Fsp3) is 0.838. The summed E-state index contributed by atoms with van der Waals surface area (Å²) in [6.07, 6.45) is -5.39. The van der Waals surface area contributed by atoms with Crippen molar-refractivity contribution in [2.45, 2.75) is 130 Å². The molecule has 2 unspecified atom stereocenters. The zero-order valence-corrected chi connectivity index (χ0v) is 30.6. The number of ketones is 1. The predicted octanol–water partition coefficient (Wildman–Crippen LogP) is 1.90. The smallest absolute Gasteiger partial charge is 0.353 e. The van der Waals surface area contributed by atoms with Gasteiger partial charge in [0.05, 0.1) is 17.6 Å². The van der Waals surface area contributed by atoms with Crippen molar-refractivity contribution < 1.29 is 67.0 Å². The first-order valence-electron chi connectivity index (χ1n) is 18.1. The molecule has 20 atom stereocenters. The molecule has 14 heteroatoms. The zero-order valence-electron chi connectivity index (χ0n) is 30.6. The molecule has 8 rings (SSSR count). The Morgan fingerprint density at radius 1 is 0.765 bits per heavy atom. The van der Waals surface area contributed by atoms with Gasteiger partial charge in [0.1, 0.15) is 24.4 Å². The van der Waals surface area contributed by atoms with Crippen LogP contribution in [0.5, 0.6) is 0 Å². The number of aliphatic hydroxyl groups excluding tert-OH is 1. The van der Waals surface area contributed by atoms with Gasteiger partial charge in [-0.05, 0) is 43.9 Å². The Balaban J connectivity index is 1.37. The van der Waals surface area contributed by atoms with Crippen molar-refractivity contribution >= 4 is 35.6 Å². The summed E-state index contributed by atoms with van der Waals surface area (Å²) in [6.45, 7) is 16.0. The third kappa shape index (κ3) is 3.89. The molecule has 0 aromatic heterocycles. The lowest BCUT2D eigenvalue weighted by Gasteiger charge is -2.66. The normalized spacial score (nSPS) is 56.6. The largest absolute Gasteiger partial charge is 0.462 e. The molecule has 3 aliphatic heterocycles. The summed E-state index contributed by atoms with van der Waals surface area (Å²) in [5.41, 5.74) is -5.49. The molecular weight excluding hydrogens is 668 g/mol. The number of esters is 5. The van der Waals surface area contributed by atoms with Gasteiger partial charge in [-0.15, -0.1) is 0 Å². The maximum atomic E-state index is 14.9. The van der Waals surface area contributed by atoms with E-state index >= 15 is 0 Å². The fourth-order valence-electron chi connectivity index (χ4n) is 13.9. The number of hydrogen-bond acceptors (Lipinski definition) is 14. The first-order chi connectivity index (χ1) is 23.6. The van der Waals surface area contributed by atoms with Crippen LogP contribution in [0.4, 0.5) is 0 Å². The minimum atomic E-state index is -1.87. The first-order valence-corrected chi connectivity index (χ1v) is 18.1. The number of ether oxygens (including phenoxy) is 7. The van der Waals surface area contributed by atoms with Gasteiger partial charge < -0.3 is 38.3 Å². The summed E-state index contributed by atoms with van der Waals surface area (Å²) in [7, 11) is 0. The lowest BCUT2D eigenvalue weighted by molar-refractivity contribution is -0.255. The van der Waals surface area contributed by atoms with Crippen molar-refractivity contribution in [2.24, 2.45) is 63.6 Å². The first kappa shape index (κ1) is 35.0. The van der Waals surface area contributed by atoms with Gasteiger partial charge >= 0.3 is 29.8 Å². The van der Waals surface area contributed by atoms with Crippen molar-refractivity contribution in [2.75, 3.05) is 0 Å². The second-order valence-electron chi connectivity index (χ2n) is 17.5. The number of fused-ring (bicyclic) bond motifs is 9. The predicted molar refractivity (Wildman–Crippen MR) is 168 cm³/mol. The van der Waals surface area contributed by atoms with E-state index in [1.165, 1.54) is 34.6 Å². The summed E-state index contributed by atoms with van der Waals surface area (Å²) in [4.78, 5) is 79.9. The third-order valence-electron chi connectivity index (χ3n) is 15.4. The van der Waals surface area contributed by atoms with Gasteiger partial charge in [-0.25, -0.2) is 4.79 Å². The van der Waals surface area contributed by atoms with E-state index in [1.54, 1.807) is 6.92 Å². The Morgan fingerprint density at radius 3 is 1.96 bits per heavy atom. The Labute approximate surface area is 295 Å². The van der Waals surface area contributed by atoms with Gasteiger partial charge in [0.2, 0.25) is 5.60 Å². The van der Waals surface area contributed by atoms with E-state index in [-0.39, 0.29) is 17.8 Å². The molecule has 8 fully saturated rings. The maximum Gasteiger partial charge on any atom is 0.353 e. The molecule has 0 radical (unpaired) electrons. The number of epoxide rings is 2. The quantitative estimate of drug-likeness (QED) is 0.252. The lowest BCUT2D eigenvalue weighted by Crippen LogP contribution is -2.72. The van der Waals surface area contributed by atoms with Crippen LogP contribution in [-0.2, 0) is 61.9 Å². The lowest BCUT2D eigenvalue weighted by atomic mass is 9.39. The SMILES string of the molecule is CC(=O)O[C@H]1C(=O)[C@H]2C[C@@H]3O[C@@H]3[C@H](OC(C)=O)[C@]2(C)C2C(C)[C@H](OC(C)=O)[C@@]3(C)[C@@H]([C@@H](O)[C@@H]4[C@@H]3[C@H](C)[C@@H]3O[C@@]35OC(=O)[C@@](C)(OC(C)=O)[C@]45C)[C@@H]21. The zero-order chi connectivity index (χ0) is 37.3. The van der Waals surface area contributed by atoms with Gasteiger partial charge in [0, 0.05) is 62.2 Å². The van der Waals surface area contributed by atoms with Crippen LogP contribution in [0.1, 0.15) is 75.7 Å². The van der Waals surface area contributed by atoms with Crippen LogP contribution in [0.2, 0.25) is 0 Å². The van der Waals surface area contributed by atoms with Crippen LogP contribution in [0.15, 0.2) is 0 Å². The number of hydrogen-bond donors (Lipinski definition) is 1. The summed E-state index contributed by atoms with van der Waals surface area (Å²) < 4.78 is 42.6. The number of aliphatic hydroxyl groups is 1. The Hall–Kier alpha value is -3.10. The molecule has 0 aromatic rings. The van der Waals surface area contributed by atoms with Gasteiger partial charge in [0.15, 0.2) is 11.9 Å². The molecule has 0 aromatic carbocycles. The highest BCUT2D eigenvalue weighted by Gasteiger charge is 2.94. The molecule has 1 N–H and O–H groups in total. The molecule has 280 valence electrons. The van der Waals surface area contributed by atoms with E-state index < -0.39 is 136 Å². The van der Waals surface area contributed by atoms with E-state index in [9.17, 15) is 33.9 Å². The van der Waals surface area contributed by atoms with Crippen LogP contribution in [0.3, 0.4) is 0 Å². The summed E-state index contributed by atoms with van der Waals surface area (Å²) in [5.74, 6) is -10.4. The monoisotopic (exact) mass is 716 g/mol. The van der Waals surface area contributed by atoms with Crippen molar-refractivity contribution in [3.05, 3.63) is 0 Å². The van der Waals surface area contributed by atoms with E-state index in [4.69, 9.17) is 33.2 Å². The molecule has 51 heavy (non-hydrogen) atoms. The molecule has 1 spiro atoms. The van der Waals surface area contributed by atoms with Crippen LogP contribution in [0.25, 0.3) is 0 Å². The molecular formula is C37H48O14. The number of Topliss-reactive ketones (excluding diaryl/α,β-unsaturated/α-hetero) is 1. The van der Waals surface area contributed by atoms with Crippen molar-refractivity contribution in [1.29, 1.82) is 0 Å². The number of rotatable bonds is 4. The minimum Gasteiger partial charge on any atom is -0.462 e. The Bertz CT molecular complexity index is 1660. The van der Waals surface area contributed by atoms with E-state index in [2.05, 4.69) is 0 Å². The molecule has 0 amide bonds. The molecule has 3 heterocycles. The number of carbonyl (C=O) groups excluding carboxylic acids is 6. The molecule has 3 saturated heterocycles. The Morgan fingerprint density at radius 2 is 1.37 bits per heavy atom. The molecule has 5 saturated carbocycles. The highest BCUT2D eigenvalue weighted by molar-refractivity contribution is 5.90. The minimum absolute atomic E-state index is 0.318. The average Bonchev–Trinajstić information content (AvgIpc) is 3.91. The number of carbonyl (C=O) groups is 6. The van der Waals surface area contributed by atoms with Crippen molar-refractivity contribution in [1.82, 2.24) is 0 Å². The van der Waals surface area contributed by atoms with Crippen molar-refractivity contribution in [3.8, 4) is 0 Å². The maximum absolute atomic E-state index is 14.9. The van der Waals surface area contributed by atoms with Crippen LogP contribution in [0, 0.1) is 63.6 Å². The summed E-state index contributed by atoms with van der Waals surface area (Å²) in [5, 5.41) is 13.1. The molecule has 8 aliphatic rings. The van der Waals surface area contributed by atoms with E-state index in [1.807, 2.05) is 27.7 Å². The second kappa shape index (κ2) is 10.3. The molecule has 5 aliphatic carbocycles. The van der Waals surface area contributed by atoms with Crippen LogP contribution in [-0.4, -0.2) is 94.9 Å². The van der Waals surface area contributed by atoms with Crippen LogP contribution < -0.4 is 0 Å².